The number of nitrogens with one attached hydrogen (secondary N) is 1. The highest BCUT2D eigenvalue weighted by molar-refractivity contribution is 6.01. The number of hydrogen-bond donors (Lipinski definition) is 1. The molecule has 0 saturated carbocycles. The van der Waals surface area contributed by atoms with Crippen LogP contribution in [0.2, 0.25) is 0 Å². The fourth-order valence-electron chi connectivity index (χ4n) is 2.11. The lowest BCUT2D eigenvalue weighted by atomic mass is 10.0. The summed E-state index contributed by atoms with van der Waals surface area (Å²) in [4.78, 5) is 26.0. The van der Waals surface area contributed by atoms with Crippen LogP contribution in [0.4, 0.5) is 11.5 Å². The van der Waals surface area contributed by atoms with Gasteiger partial charge in [0.25, 0.3) is 5.69 Å². The topological polar surface area (TPSA) is 85.1 Å². The predicted octanol–water partition coefficient (Wildman–Crippen LogP) is 4.07. The SMILES string of the molecule is Cc1cc([N+](=O)[O-])cnc1NC(=O)/C=C/c1ccc(C(C)C)cc1. The minimum atomic E-state index is -0.522. The molecular weight excluding hydrogens is 306 g/mol. The fraction of sp³-hybridized carbons (Fsp3) is 0.222. The predicted molar refractivity (Wildman–Crippen MR) is 93.8 cm³/mol. The van der Waals surface area contributed by atoms with E-state index in [0.717, 1.165) is 11.8 Å². The minimum Gasteiger partial charge on any atom is -0.307 e. The summed E-state index contributed by atoms with van der Waals surface area (Å²) in [5.74, 6) is 0.431. The zero-order chi connectivity index (χ0) is 17.7. The van der Waals surface area contributed by atoms with Gasteiger partial charge in [0.2, 0.25) is 5.91 Å². The molecule has 124 valence electrons. The molecule has 0 unspecified atom stereocenters. The number of nitro groups is 1. The molecule has 6 heteroatoms. The number of aryl methyl sites for hydroxylation is 1. The Bertz CT molecular complexity index is 781. The lowest BCUT2D eigenvalue weighted by molar-refractivity contribution is -0.385. The molecule has 1 aromatic heterocycles. The number of carbonyl (C=O) groups excluding carboxylic acids is 1. The van der Waals surface area contributed by atoms with Crippen molar-refractivity contribution in [1.82, 2.24) is 4.98 Å². The fourth-order valence-corrected chi connectivity index (χ4v) is 2.11. The van der Waals surface area contributed by atoms with E-state index in [1.54, 1.807) is 13.0 Å². The van der Waals surface area contributed by atoms with Gasteiger partial charge in [0, 0.05) is 12.1 Å². The van der Waals surface area contributed by atoms with Crippen molar-refractivity contribution in [2.75, 3.05) is 5.32 Å². The molecule has 0 spiro atoms. The molecule has 6 nitrogen and oxygen atoms in total. The van der Waals surface area contributed by atoms with Gasteiger partial charge in [-0.25, -0.2) is 4.98 Å². The van der Waals surface area contributed by atoms with E-state index in [9.17, 15) is 14.9 Å². The maximum atomic E-state index is 12.0. The third-order valence-corrected chi connectivity index (χ3v) is 3.55. The normalized spacial score (nSPS) is 11.0. The average molecular weight is 325 g/mol. The zero-order valence-electron chi connectivity index (χ0n) is 13.8. The van der Waals surface area contributed by atoms with Crippen molar-refractivity contribution in [3.63, 3.8) is 0 Å². The van der Waals surface area contributed by atoms with Gasteiger partial charge in [-0.15, -0.1) is 0 Å². The van der Waals surface area contributed by atoms with Crippen LogP contribution in [-0.4, -0.2) is 15.8 Å². The second kappa shape index (κ2) is 7.50. The van der Waals surface area contributed by atoms with E-state index in [2.05, 4.69) is 24.1 Å². The Hall–Kier alpha value is -3.02. The van der Waals surface area contributed by atoms with Crippen LogP contribution in [0.3, 0.4) is 0 Å². The highest BCUT2D eigenvalue weighted by Crippen LogP contribution is 2.18. The maximum Gasteiger partial charge on any atom is 0.287 e. The molecular formula is C18H19N3O3. The van der Waals surface area contributed by atoms with Crippen molar-refractivity contribution < 1.29 is 9.72 Å². The molecule has 0 atom stereocenters. The summed E-state index contributed by atoms with van der Waals surface area (Å²) in [5, 5.41) is 13.3. The molecule has 2 aromatic rings. The van der Waals surface area contributed by atoms with Gasteiger partial charge in [-0.3, -0.25) is 14.9 Å². The molecule has 0 bridgehead atoms. The Morgan fingerprint density at radius 2 is 1.96 bits per heavy atom. The number of anilines is 1. The van der Waals surface area contributed by atoms with Gasteiger partial charge < -0.3 is 5.32 Å². The molecule has 0 radical (unpaired) electrons. The zero-order valence-corrected chi connectivity index (χ0v) is 13.8. The molecule has 24 heavy (non-hydrogen) atoms. The first-order valence-corrected chi connectivity index (χ1v) is 7.57. The molecule has 0 fully saturated rings. The lowest BCUT2D eigenvalue weighted by Gasteiger charge is -2.05. The second-order valence-corrected chi connectivity index (χ2v) is 5.76. The van der Waals surface area contributed by atoms with Crippen LogP contribution >= 0.6 is 0 Å². The first kappa shape index (κ1) is 17.3. The summed E-state index contributed by atoms with van der Waals surface area (Å²) in [6.07, 6.45) is 4.24. The van der Waals surface area contributed by atoms with E-state index in [-0.39, 0.29) is 11.6 Å². The van der Waals surface area contributed by atoms with E-state index in [1.165, 1.54) is 17.7 Å². The van der Waals surface area contributed by atoms with Gasteiger partial charge in [-0.05, 0) is 35.6 Å². The quantitative estimate of drug-likeness (QED) is 0.510. The molecule has 1 amide bonds. The molecule has 1 aromatic carbocycles. The summed E-state index contributed by atoms with van der Waals surface area (Å²) in [6.45, 7) is 5.90. The summed E-state index contributed by atoms with van der Waals surface area (Å²) >= 11 is 0. The van der Waals surface area contributed by atoms with Crippen molar-refractivity contribution >= 4 is 23.5 Å². The number of amides is 1. The summed E-state index contributed by atoms with van der Waals surface area (Å²) in [7, 11) is 0. The third-order valence-electron chi connectivity index (χ3n) is 3.55. The molecule has 0 aliphatic rings. The van der Waals surface area contributed by atoms with Crippen molar-refractivity contribution in [1.29, 1.82) is 0 Å². The first-order valence-electron chi connectivity index (χ1n) is 7.57. The van der Waals surface area contributed by atoms with E-state index >= 15 is 0 Å². The van der Waals surface area contributed by atoms with Gasteiger partial charge >= 0.3 is 0 Å². The Morgan fingerprint density at radius 1 is 1.29 bits per heavy atom. The van der Waals surface area contributed by atoms with Crippen LogP contribution in [0.25, 0.3) is 6.08 Å². The highest BCUT2D eigenvalue weighted by atomic mass is 16.6. The largest absolute Gasteiger partial charge is 0.307 e. The van der Waals surface area contributed by atoms with Gasteiger partial charge in [0.1, 0.15) is 12.0 Å². The lowest BCUT2D eigenvalue weighted by Crippen LogP contribution is -2.10. The Balaban J connectivity index is 2.03. The molecule has 0 aliphatic carbocycles. The second-order valence-electron chi connectivity index (χ2n) is 5.76. The Morgan fingerprint density at radius 3 is 2.50 bits per heavy atom. The van der Waals surface area contributed by atoms with Crippen LogP contribution < -0.4 is 5.32 Å². The van der Waals surface area contributed by atoms with Crippen LogP contribution in [0, 0.1) is 17.0 Å². The van der Waals surface area contributed by atoms with Crippen LogP contribution in [-0.2, 0) is 4.79 Å². The van der Waals surface area contributed by atoms with E-state index in [1.807, 2.05) is 24.3 Å². The van der Waals surface area contributed by atoms with Crippen LogP contribution in [0.1, 0.15) is 36.5 Å². The maximum absolute atomic E-state index is 12.0. The van der Waals surface area contributed by atoms with Gasteiger partial charge in [-0.1, -0.05) is 38.1 Å². The molecule has 1 heterocycles. The third kappa shape index (κ3) is 4.49. The van der Waals surface area contributed by atoms with Crippen LogP contribution in [0.5, 0.6) is 0 Å². The Kier molecular flexibility index (Phi) is 5.42. The summed E-state index contributed by atoms with van der Waals surface area (Å²) in [6, 6.07) is 9.34. The number of aromatic nitrogens is 1. The number of benzene rings is 1. The first-order chi connectivity index (χ1) is 11.4. The molecule has 1 N–H and O–H groups in total. The minimum absolute atomic E-state index is 0.105. The van der Waals surface area contributed by atoms with Crippen LogP contribution in [0.15, 0.2) is 42.6 Å². The monoisotopic (exact) mass is 325 g/mol. The summed E-state index contributed by atoms with van der Waals surface area (Å²) in [5.41, 5.74) is 2.59. The smallest absolute Gasteiger partial charge is 0.287 e. The number of carbonyl (C=O) groups is 1. The molecule has 0 aliphatic heterocycles. The van der Waals surface area contributed by atoms with Gasteiger partial charge in [0.05, 0.1) is 4.92 Å². The molecule has 2 rings (SSSR count). The van der Waals surface area contributed by atoms with Crippen molar-refractivity contribution in [2.24, 2.45) is 0 Å². The standard InChI is InChI=1S/C18H19N3O3/c1-12(2)15-7-4-14(5-8-15)6-9-17(22)20-18-13(3)10-16(11-19-18)21(23)24/h4-12H,1-3H3,(H,19,20,22)/b9-6+. The van der Waals surface area contributed by atoms with Crippen molar-refractivity contribution in [3.05, 3.63) is 69.4 Å². The van der Waals surface area contributed by atoms with E-state index < -0.39 is 4.92 Å². The average Bonchev–Trinajstić information content (AvgIpc) is 2.55. The van der Waals surface area contributed by atoms with Gasteiger partial charge in [0.15, 0.2) is 0 Å². The van der Waals surface area contributed by atoms with Crippen molar-refractivity contribution in [3.8, 4) is 0 Å². The number of rotatable bonds is 5. The Labute approximate surface area is 140 Å². The number of hydrogen-bond acceptors (Lipinski definition) is 4. The molecule has 0 saturated heterocycles. The van der Waals surface area contributed by atoms with Gasteiger partial charge in [-0.2, -0.15) is 0 Å². The van der Waals surface area contributed by atoms with E-state index in [4.69, 9.17) is 0 Å². The number of nitrogens with zero attached hydrogens (tertiary/aromatic N) is 2. The summed E-state index contributed by atoms with van der Waals surface area (Å²) < 4.78 is 0. The number of pyridine rings is 1. The van der Waals surface area contributed by atoms with E-state index in [0.29, 0.717) is 17.3 Å². The highest BCUT2D eigenvalue weighted by Gasteiger charge is 2.10. The van der Waals surface area contributed by atoms with Crippen molar-refractivity contribution in [2.45, 2.75) is 26.7 Å².